The van der Waals surface area contributed by atoms with Gasteiger partial charge in [-0.3, -0.25) is 9.59 Å². The molecular weight excluding hydrogens is 508 g/mol. The lowest BCUT2D eigenvalue weighted by Gasteiger charge is -2.39. The second kappa shape index (κ2) is 22.4. The molecule has 0 aliphatic carbocycles. The molecule has 0 bridgehead atoms. The SMILES string of the molecule is CCCCCCCCCCC(=O)OC(COC(=O)CCCCCCCC)COC1OC(CO)C(O)C(O)C1O. The molecule has 230 valence electrons. The first-order valence-electron chi connectivity index (χ1n) is 15.1. The van der Waals surface area contributed by atoms with Gasteiger partial charge in [-0.25, -0.2) is 0 Å². The van der Waals surface area contributed by atoms with Gasteiger partial charge in [-0.1, -0.05) is 90.9 Å². The number of ether oxygens (including phenoxy) is 4. The number of aliphatic hydroxyl groups is 4. The van der Waals surface area contributed by atoms with Crippen molar-refractivity contribution in [2.45, 2.75) is 153 Å². The highest BCUT2D eigenvalue weighted by atomic mass is 16.7. The number of esters is 2. The van der Waals surface area contributed by atoms with Gasteiger partial charge in [-0.15, -0.1) is 0 Å². The summed E-state index contributed by atoms with van der Waals surface area (Å²) in [6, 6.07) is 0. The molecule has 1 rings (SSSR count). The van der Waals surface area contributed by atoms with E-state index < -0.39 is 49.4 Å². The zero-order chi connectivity index (χ0) is 28.9. The third kappa shape index (κ3) is 15.9. The van der Waals surface area contributed by atoms with Crippen LogP contribution in [0.3, 0.4) is 0 Å². The fourth-order valence-electron chi connectivity index (χ4n) is 4.48. The molecule has 1 aliphatic rings. The minimum absolute atomic E-state index is 0.213. The molecule has 0 aromatic carbocycles. The maximum atomic E-state index is 12.5. The summed E-state index contributed by atoms with van der Waals surface area (Å²) < 4.78 is 21.8. The first kappa shape index (κ1) is 35.7. The number of aliphatic hydroxyl groups excluding tert-OH is 4. The molecule has 39 heavy (non-hydrogen) atoms. The first-order valence-corrected chi connectivity index (χ1v) is 15.1. The standard InChI is InChI=1S/C29H54O10/c1-3-5-7-9-11-12-14-16-18-25(32)38-22(20-36-24(31)17-15-13-10-8-6-4-2)21-37-29-28(35)27(34)26(33)23(19-30)39-29/h22-23,26-30,33-35H,3-21H2,1-2H3. The predicted molar refractivity (Wildman–Crippen MR) is 146 cm³/mol. The Morgan fingerprint density at radius 2 is 1.21 bits per heavy atom. The second-order valence-corrected chi connectivity index (χ2v) is 10.6. The van der Waals surface area contributed by atoms with Crippen molar-refractivity contribution in [3.8, 4) is 0 Å². The molecule has 1 aliphatic heterocycles. The summed E-state index contributed by atoms with van der Waals surface area (Å²) in [4.78, 5) is 24.7. The average molecular weight is 563 g/mol. The van der Waals surface area contributed by atoms with Crippen molar-refractivity contribution in [1.29, 1.82) is 0 Å². The minimum atomic E-state index is -1.58. The molecule has 0 aromatic heterocycles. The molecule has 1 fully saturated rings. The Labute approximate surface area is 234 Å². The van der Waals surface area contributed by atoms with Crippen LogP contribution in [0.4, 0.5) is 0 Å². The van der Waals surface area contributed by atoms with E-state index in [1.54, 1.807) is 0 Å². The van der Waals surface area contributed by atoms with E-state index in [9.17, 15) is 30.0 Å². The molecule has 0 amide bonds. The van der Waals surface area contributed by atoms with Gasteiger partial charge in [0.2, 0.25) is 0 Å². The number of unbranched alkanes of at least 4 members (excludes halogenated alkanes) is 12. The topological polar surface area (TPSA) is 152 Å². The van der Waals surface area contributed by atoms with Crippen LogP contribution in [0.5, 0.6) is 0 Å². The summed E-state index contributed by atoms with van der Waals surface area (Å²) in [5.41, 5.74) is 0. The highest BCUT2D eigenvalue weighted by Crippen LogP contribution is 2.22. The molecule has 4 N–H and O–H groups in total. The fourth-order valence-corrected chi connectivity index (χ4v) is 4.48. The lowest BCUT2D eigenvalue weighted by molar-refractivity contribution is -0.305. The van der Waals surface area contributed by atoms with Crippen molar-refractivity contribution in [2.75, 3.05) is 19.8 Å². The van der Waals surface area contributed by atoms with E-state index in [1.165, 1.54) is 32.1 Å². The van der Waals surface area contributed by atoms with Crippen molar-refractivity contribution in [3.63, 3.8) is 0 Å². The molecule has 1 heterocycles. The summed E-state index contributed by atoms with van der Waals surface area (Å²) in [7, 11) is 0. The van der Waals surface area contributed by atoms with Crippen molar-refractivity contribution in [1.82, 2.24) is 0 Å². The smallest absolute Gasteiger partial charge is 0.306 e. The van der Waals surface area contributed by atoms with E-state index in [4.69, 9.17) is 18.9 Å². The van der Waals surface area contributed by atoms with Crippen molar-refractivity contribution >= 4 is 11.9 Å². The third-order valence-electron chi connectivity index (χ3n) is 6.99. The molecule has 0 saturated carbocycles. The minimum Gasteiger partial charge on any atom is -0.462 e. The number of carbonyl (C=O) groups excluding carboxylic acids is 2. The molecule has 10 nitrogen and oxygen atoms in total. The quantitative estimate of drug-likeness (QED) is 0.107. The van der Waals surface area contributed by atoms with E-state index in [2.05, 4.69) is 13.8 Å². The summed E-state index contributed by atoms with van der Waals surface area (Å²) in [5, 5.41) is 39.5. The van der Waals surface area contributed by atoms with Crippen LogP contribution < -0.4 is 0 Å². The number of hydrogen-bond acceptors (Lipinski definition) is 10. The van der Waals surface area contributed by atoms with Crippen LogP contribution >= 0.6 is 0 Å². The summed E-state index contributed by atoms with van der Waals surface area (Å²) in [6.45, 7) is 3.27. The van der Waals surface area contributed by atoms with E-state index in [1.807, 2.05) is 0 Å². The van der Waals surface area contributed by atoms with Crippen LogP contribution in [0, 0.1) is 0 Å². The third-order valence-corrected chi connectivity index (χ3v) is 6.99. The van der Waals surface area contributed by atoms with Gasteiger partial charge in [-0.05, 0) is 12.8 Å². The normalized spacial score (nSPS) is 23.9. The Morgan fingerprint density at radius 3 is 1.74 bits per heavy atom. The van der Waals surface area contributed by atoms with Gasteiger partial charge in [0.05, 0.1) is 13.2 Å². The van der Waals surface area contributed by atoms with Gasteiger partial charge < -0.3 is 39.4 Å². The number of carbonyl (C=O) groups is 2. The van der Waals surface area contributed by atoms with Crippen LogP contribution in [-0.4, -0.2) is 89.0 Å². The van der Waals surface area contributed by atoms with E-state index in [0.29, 0.717) is 6.42 Å². The maximum absolute atomic E-state index is 12.5. The zero-order valence-corrected chi connectivity index (χ0v) is 24.1. The summed E-state index contributed by atoms with van der Waals surface area (Å²) in [6.07, 6.45) is 7.43. The van der Waals surface area contributed by atoms with Gasteiger partial charge >= 0.3 is 11.9 Å². The Balaban J connectivity index is 2.52. The maximum Gasteiger partial charge on any atom is 0.306 e. The van der Waals surface area contributed by atoms with Crippen LogP contribution in [0.2, 0.25) is 0 Å². The Hall–Kier alpha value is -1.30. The summed E-state index contributed by atoms with van der Waals surface area (Å²) >= 11 is 0. The first-order chi connectivity index (χ1) is 18.8. The van der Waals surface area contributed by atoms with Gasteiger partial charge in [0.15, 0.2) is 12.4 Å². The van der Waals surface area contributed by atoms with Gasteiger partial charge in [0.25, 0.3) is 0 Å². The van der Waals surface area contributed by atoms with E-state index in [-0.39, 0.29) is 32.0 Å². The Morgan fingerprint density at radius 1 is 0.692 bits per heavy atom. The molecule has 0 aromatic rings. The van der Waals surface area contributed by atoms with Crippen molar-refractivity contribution in [2.24, 2.45) is 0 Å². The second-order valence-electron chi connectivity index (χ2n) is 10.6. The molecule has 1 saturated heterocycles. The van der Waals surface area contributed by atoms with Crippen molar-refractivity contribution < 1.29 is 49.0 Å². The lowest BCUT2D eigenvalue weighted by Crippen LogP contribution is -2.59. The van der Waals surface area contributed by atoms with Crippen LogP contribution in [0.15, 0.2) is 0 Å². The molecular formula is C29H54O10. The summed E-state index contributed by atoms with van der Waals surface area (Å²) in [5.74, 6) is -0.821. The van der Waals surface area contributed by atoms with Gasteiger partial charge in [0, 0.05) is 12.8 Å². The van der Waals surface area contributed by atoms with E-state index in [0.717, 1.165) is 51.4 Å². The predicted octanol–water partition coefficient (Wildman–Crippen LogP) is 3.54. The van der Waals surface area contributed by atoms with E-state index >= 15 is 0 Å². The molecule has 10 heteroatoms. The van der Waals surface area contributed by atoms with Gasteiger partial charge in [0.1, 0.15) is 31.0 Å². The zero-order valence-electron chi connectivity index (χ0n) is 24.1. The average Bonchev–Trinajstić information content (AvgIpc) is 2.93. The molecule has 0 spiro atoms. The van der Waals surface area contributed by atoms with Crippen LogP contribution in [0.25, 0.3) is 0 Å². The number of hydrogen-bond donors (Lipinski definition) is 4. The van der Waals surface area contributed by atoms with Crippen molar-refractivity contribution in [3.05, 3.63) is 0 Å². The molecule has 0 radical (unpaired) electrons. The largest absolute Gasteiger partial charge is 0.462 e. The Kier molecular flexibility index (Phi) is 20.5. The lowest BCUT2D eigenvalue weighted by atomic mass is 9.99. The van der Waals surface area contributed by atoms with Crippen LogP contribution in [-0.2, 0) is 28.5 Å². The monoisotopic (exact) mass is 562 g/mol. The highest BCUT2D eigenvalue weighted by molar-refractivity contribution is 5.70. The Bertz CT molecular complexity index is 629. The van der Waals surface area contributed by atoms with Gasteiger partial charge in [-0.2, -0.15) is 0 Å². The molecule has 6 unspecified atom stereocenters. The van der Waals surface area contributed by atoms with Crippen LogP contribution in [0.1, 0.15) is 117 Å². The number of rotatable bonds is 23. The fraction of sp³-hybridized carbons (Fsp3) is 0.931. The highest BCUT2D eigenvalue weighted by Gasteiger charge is 2.44. The molecule has 6 atom stereocenters.